The van der Waals surface area contributed by atoms with Gasteiger partial charge < -0.3 is 5.11 Å². The lowest BCUT2D eigenvalue weighted by Gasteiger charge is -2.35. The Bertz CT molecular complexity index is 706. The molecule has 3 heteroatoms. The smallest absolute Gasteiger partial charge is 0.130 e. The zero-order chi connectivity index (χ0) is 17.9. The van der Waals surface area contributed by atoms with Gasteiger partial charge in [-0.05, 0) is 50.8 Å². The Morgan fingerprint density at radius 1 is 1.08 bits per heavy atom. The second-order valence-electron chi connectivity index (χ2n) is 6.72. The highest BCUT2D eigenvalue weighted by Gasteiger charge is 2.34. The molecule has 0 aliphatic carbocycles. The minimum atomic E-state index is -0.220. The van der Waals surface area contributed by atoms with Crippen LogP contribution in [0.25, 0.3) is 0 Å². The first kappa shape index (κ1) is 18.9. The van der Waals surface area contributed by atoms with E-state index in [9.17, 15) is 9.50 Å². The van der Waals surface area contributed by atoms with Crippen molar-refractivity contribution in [2.24, 2.45) is 0 Å². The standard InChI is InChI=1S/C21H28FOP/c1-6-11-21(7-2,17-13-14(3)12-16(5)19(17)23)24-20-15(4)9-8-10-18(20)22/h8-10,12-13,23-24H,6-7,11H2,1-5H3. The van der Waals surface area contributed by atoms with E-state index in [0.717, 1.165) is 46.8 Å². The molecular weight excluding hydrogens is 318 g/mol. The van der Waals surface area contributed by atoms with Gasteiger partial charge in [0.1, 0.15) is 11.6 Å². The minimum absolute atomic E-state index is 0.133. The van der Waals surface area contributed by atoms with Crippen molar-refractivity contribution in [1.82, 2.24) is 0 Å². The molecule has 0 aromatic heterocycles. The Morgan fingerprint density at radius 3 is 2.38 bits per heavy atom. The fraction of sp³-hybridized carbons (Fsp3) is 0.429. The summed E-state index contributed by atoms with van der Waals surface area (Å²) >= 11 is 0. The Hall–Kier alpha value is -1.40. The van der Waals surface area contributed by atoms with Gasteiger partial charge >= 0.3 is 0 Å². The molecule has 2 atom stereocenters. The summed E-state index contributed by atoms with van der Waals surface area (Å²) in [6.45, 7) is 10.3. The molecule has 0 saturated carbocycles. The molecule has 1 N–H and O–H groups in total. The van der Waals surface area contributed by atoms with Gasteiger partial charge in [0, 0.05) is 16.0 Å². The highest BCUT2D eigenvalue weighted by molar-refractivity contribution is 7.48. The molecule has 1 nitrogen and oxygen atoms in total. The van der Waals surface area contributed by atoms with E-state index in [1.165, 1.54) is 0 Å². The van der Waals surface area contributed by atoms with Gasteiger partial charge in [-0.2, -0.15) is 0 Å². The van der Waals surface area contributed by atoms with Crippen molar-refractivity contribution in [3.05, 3.63) is 58.4 Å². The van der Waals surface area contributed by atoms with E-state index in [2.05, 4.69) is 26.8 Å². The summed E-state index contributed by atoms with van der Waals surface area (Å²) in [5, 5.41) is 11.3. The fourth-order valence-corrected chi connectivity index (χ4v) is 5.34. The molecule has 0 saturated heterocycles. The molecule has 2 aromatic rings. The first-order valence-electron chi connectivity index (χ1n) is 8.68. The van der Waals surface area contributed by atoms with Crippen molar-refractivity contribution in [3.8, 4) is 5.75 Å². The zero-order valence-corrected chi connectivity index (χ0v) is 16.3. The highest BCUT2D eigenvalue weighted by atomic mass is 31.1. The maximum Gasteiger partial charge on any atom is 0.130 e. The number of hydrogen-bond acceptors (Lipinski definition) is 1. The van der Waals surface area contributed by atoms with Crippen molar-refractivity contribution in [2.45, 2.75) is 59.0 Å². The number of aromatic hydroxyl groups is 1. The average Bonchev–Trinajstić information content (AvgIpc) is 2.53. The molecular formula is C21H28FOP. The van der Waals surface area contributed by atoms with Gasteiger partial charge in [0.25, 0.3) is 0 Å². The molecule has 2 unspecified atom stereocenters. The third-order valence-corrected chi connectivity index (χ3v) is 7.06. The minimum Gasteiger partial charge on any atom is -0.507 e. The van der Waals surface area contributed by atoms with Crippen molar-refractivity contribution < 1.29 is 9.50 Å². The van der Waals surface area contributed by atoms with Gasteiger partial charge in [-0.1, -0.05) is 58.7 Å². The van der Waals surface area contributed by atoms with Gasteiger partial charge in [0.2, 0.25) is 0 Å². The lowest BCUT2D eigenvalue weighted by molar-refractivity contribution is 0.438. The first-order chi connectivity index (χ1) is 11.3. The first-order valence-corrected chi connectivity index (χ1v) is 9.68. The van der Waals surface area contributed by atoms with Crippen LogP contribution in [0.2, 0.25) is 0 Å². The zero-order valence-electron chi connectivity index (χ0n) is 15.3. The van der Waals surface area contributed by atoms with E-state index in [-0.39, 0.29) is 11.0 Å². The molecule has 0 heterocycles. The molecule has 0 bridgehead atoms. The lowest BCUT2D eigenvalue weighted by Crippen LogP contribution is -2.25. The van der Waals surface area contributed by atoms with Crippen molar-refractivity contribution in [1.29, 1.82) is 0 Å². The molecule has 130 valence electrons. The molecule has 0 amide bonds. The molecule has 0 aliphatic heterocycles. The van der Waals surface area contributed by atoms with E-state index in [1.54, 1.807) is 12.1 Å². The number of phenolic OH excluding ortho intramolecular Hbond substituents is 1. The Morgan fingerprint density at radius 2 is 1.79 bits per heavy atom. The van der Waals surface area contributed by atoms with Crippen molar-refractivity contribution >= 4 is 13.9 Å². The van der Waals surface area contributed by atoms with E-state index in [1.807, 2.05) is 26.0 Å². The highest BCUT2D eigenvalue weighted by Crippen LogP contribution is 2.51. The van der Waals surface area contributed by atoms with E-state index >= 15 is 0 Å². The SMILES string of the molecule is CCCC(CC)(Pc1c(C)cccc1F)c1cc(C)cc(C)c1O. The van der Waals surface area contributed by atoms with E-state index in [0.29, 0.717) is 14.3 Å². The van der Waals surface area contributed by atoms with Crippen molar-refractivity contribution in [3.63, 3.8) is 0 Å². The molecule has 0 aliphatic rings. The number of rotatable bonds is 6. The number of halogens is 1. The topological polar surface area (TPSA) is 20.2 Å². The van der Waals surface area contributed by atoms with Gasteiger partial charge in [-0.25, -0.2) is 4.39 Å². The van der Waals surface area contributed by atoms with Crippen LogP contribution < -0.4 is 5.30 Å². The molecule has 24 heavy (non-hydrogen) atoms. The maximum absolute atomic E-state index is 14.5. The van der Waals surface area contributed by atoms with Gasteiger partial charge in [-0.3, -0.25) is 0 Å². The van der Waals surface area contributed by atoms with Crippen LogP contribution in [0.15, 0.2) is 30.3 Å². The van der Waals surface area contributed by atoms with Crippen molar-refractivity contribution in [2.75, 3.05) is 0 Å². The summed E-state index contributed by atoms with van der Waals surface area (Å²) in [6, 6.07) is 9.37. The Labute approximate surface area is 147 Å². The molecule has 2 aromatic carbocycles. The number of hydrogen-bond donors (Lipinski definition) is 1. The quantitative estimate of drug-likeness (QED) is 0.649. The summed E-state index contributed by atoms with van der Waals surface area (Å²) in [4.78, 5) is 0. The monoisotopic (exact) mass is 346 g/mol. The maximum atomic E-state index is 14.5. The van der Waals surface area contributed by atoms with Gasteiger partial charge in [0.15, 0.2) is 0 Å². The van der Waals surface area contributed by atoms with Crippen LogP contribution in [0.1, 0.15) is 55.4 Å². The van der Waals surface area contributed by atoms with Gasteiger partial charge in [0.05, 0.1) is 0 Å². The van der Waals surface area contributed by atoms with Crippen LogP contribution in [-0.2, 0) is 5.16 Å². The van der Waals surface area contributed by atoms with Crippen LogP contribution in [0.4, 0.5) is 4.39 Å². The summed E-state index contributed by atoms with van der Waals surface area (Å²) in [6.07, 6.45) is 2.82. The summed E-state index contributed by atoms with van der Waals surface area (Å²) < 4.78 is 14.5. The third-order valence-electron chi connectivity index (χ3n) is 4.83. The molecule has 2 rings (SSSR count). The van der Waals surface area contributed by atoms with Gasteiger partial charge in [-0.15, -0.1) is 0 Å². The van der Waals surface area contributed by atoms with Crippen LogP contribution in [-0.4, -0.2) is 5.11 Å². The van der Waals surface area contributed by atoms with Crippen LogP contribution in [0.5, 0.6) is 5.75 Å². The lowest BCUT2D eigenvalue weighted by atomic mass is 9.88. The molecule has 0 radical (unpaired) electrons. The average molecular weight is 346 g/mol. The molecule has 0 fully saturated rings. The predicted octanol–water partition coefficient (Wildman–Crippen LogP) is 5.87. The number of benzene rings is 2. The van der Waals surface area contributed by atoms with Crippen LogP contribution in [0.3, 0.4) is 0 Å². The second kappa shape index (κ2) is 7.66. The largest absolute Gasteiger partial charge is 0.507 e. The normalized spacial score (nSPS) is 14.2. The van der Waals surface area contributed by atoms with Crippen LogP contribution in [0, 0.1) is 26.6 Å². The van der Waals surface area contributed by atoms with Crippen LogP contribution >= 0.6 is 8.58 Å². The summed E-state index contributed by atoms with van der Waals surface area (Å²) in [7, 11) is 0.302. The Balaban J connectivity index is 2.63. The van der Waals surface area contributed by atoms with E-state index < -0.39 is 0 Å². The second-order valence-corrected chi connectivity index (χ2v) is 8.43. The van der Waals surface area contributed by atoms with E-state index in [4.69, 9.17) is 0 Å². The number of phenols is 1. The number of aryl methyl sites for hydroxylation is 3. The Kier molecular flexibility index (Phi) is 6.04. The summed E-state index contributed by atoms with van der Waals surface area (Å²) in [5.41, 5.74) is 4.01. The fourth-order valence-electron chi connectivity index (χ4n) is 3.50. The predicted molar refractivity (Wildman–Crippen MR) is 104 cm³/mol. The molecule has 0 spiro atoms. The summed E-state index contributed by atoms with van der Waals surface area (Å²) in [5.74, 6) is 0.239. The third kappa shape index (κ3) is 3.64.